The second kappa shape index (κ2) is 8.32. The Morgan fingerprint density at radius 3 is 2.96 bits per heavy atom. The van der Waals surface area contributed by atoms with E-state index in [2.05, 4.69) is 10.4 Å². The summed E-state index contributed by atoms with van der Waals surface area (Å²) in [5, 5.41) is 7.87. The highest BCUT2D eigenvalue weighted by Crippen LogP contribution is 2.22. The second-order valence-corrected chi connectivity index (χ2v) is 6.50. The number of carbonyl (C=O) groups is 1. The molecular formula is C19H22ClN3O2. The van der Waals surface area contributed by atoms with Crippen molar-refractivity contribution in [1.82, 2.24) is 15.1 Å². The van der Waals surface area contributed by atoms with Crippen LogP contribution in [0.4, 0.5) is 0 Å². The van der Waals surface area contributed by atoms with E-state index in [1.54, 1.807) is 10.8 Å². The van der Waals surface area contributed by atoms with Gasteiger partial charge in [0.15, 0.2) is 0 Å². The summed E-state index contributed by atoms with van der Waals surface area (Å²) in [6.45, 7) is 3.81. The van der Waals surface area contributed by atoms with E-state index in [1.807, 2.05) is 37.3 Å². The van der Waals surface area contributed by atoms with Crippen molar-refractivity contribution in [3.63, 3.8) is 0 Å². The van der Waals surface area contributed by atoms with Gasteiger partial charge in [-0.2, -0.15) is 5.10 Å². The first kappa shape index (κ1) is 17.7. The lowest BCUT2D eigenvalue weighted by atomic mass is 10.2. The van der Waals surface area contributed by atoms with Crippen molar-refractivity contribution in [2.24, 2.45) is 0 Å². The van der Waals surface area contributed by atoms with Gasteiger partial charge in [0, 0.05) is 24.8 Å². The van der Waals surface area contributed by atoms with Gasteiger partial charge < -0.3 is 10.1 Å². The summed E-state index contributed by atoms with van der Waals surface area (Å²) in [7, 11) is 0. The largest absolute Gasteiger partial charge is 0.376 e. The van der Waals surface area contributed by atoms with Crippen molar-refractivity contribution in [1.29, 1.82) is 0 Å². The van der Waals surface area contributed by atoms with Gasteiger partial charge in [-0.05, 0) is 31.4 Å². The zero-order valence-corrected chi connectivity index (χ0v) is 15.0. The fourth-order valence-corrected chi connectivity index (χ4v) is 3.15. The highest BCUT2D eigenvalue weighted by molar-refractivity contribution is 6.31. The summed E-state index contributed by atoms with van der Waals surface area (Å²) in [5.74, 6) is -0.151. The first-order chi connectivity index (χ1) is 12.1. The Kier molecular flexibility index (Phi) is 5.89. The predicted molar refractivity (Wildman–Crippen MR) is 98.5 cm³/mol. The Hall–Kier alpha value is -2.11. The van der Waals surface area contributed by atoms with Crippen molar-refractivity contribution < 1.29 is 9.53 Å². The van der Waals surface area contributed by atoms with Gasteiger partial charge in [0.25, 0.3) is 0 Å². The number of rotatable bonds is 6. The van der Waals surface area contributed by atoms with E-state index in [0.29, 0.717) is 18.2 Å². The lowest BCUT2D eigenvalue weighted by molar-refractivity contribution is -0.116. The Bertz CT molecular complexity index is 750. The lowest BCUT2D eigenvalue weighted by Crippen LogP contribution is -2.30. The van der Waals surface area contributed by atoms with Crippen LogP contribution in [0.2, 0.25) is 5.15 Å². The molecule has 1 aromatic heterocycles. The predicted octanol–water partition coefficient (Wildman–Crippen LogP) is 3.20. The van der Waals surface area contributed by atoms with E-state index in [1.165, 1.54) is 6.08 Å². The average Bonchev–Trinajstić information content (AvgIpc) is 3.22. The molecule has 1 aliphatic rings. The van der Waals surface area contributed by atoms with Crippen LogP contribution in [0.25, 0.3) is 6.08 Å². The van der Waals surface area contributed by atoms with E-state index in [-0.39, 0.29) is 12.0 Å². The number of benzene rings is 1. The number of hydrogen-bond acceptors (Lipinski definition) is 3. The molecule has 1 aromatic carbocycles. The minimum atomic E-state index is -0.151. The minimum Gasteiger partial charge on any atom is -0.376 e. The molecule has 1 saturated heterocycles. The molecule has 0 spiro atoms. The van der Waals surface area contributed by atoms with Crippen LogP contribution in [0.3, 0.4) is 0 Å². The number of halogens is 1. The number of amides is 1. The van der Waals surface area contributed by atoms with E-state index < -0.39 is 0 Å². The molecule has 3 rings (SSSR count). The molecule has 1 N–H and O–H groups in total. The molecule has 2 aromatic rings. The molecule has 0 saturated carbocycles. The summed E-state index contributed by atoms with van der Waals surface area (Å²) < 4.78 is 7.24. The summed E-state index contributed by atoms with van der Waals surface area (Å²) >= 11 is 6.44. The van der Waals surface area contributed by atoms with E-state index in [0.717, 1.165) is 36.3 Å². The quantitative estimate of drug-likeness (QED) is 0.806. The monoisotopic (exact) mass is 359 g/mol. The molecule has 6 heteroatoms. The van der Waals surface area contributed by atoms with Gasteiger partial charge in [0.05, 0.1) is 18.3 Å². The van der Waals surface area contributed by atoms with Crippen LogP contribution in [-0.2, 0) is 16.1 Å². The number of nitrogens with one attached hydrogen (secondary N) is 1. The van der Waals surface area contributed by atoms with Crippen LogP contribution in [-0.4, -0.2) is 34.9 Å². The summed E-state index contributed by atoms with van der Waals surface area (Å²) in [5.41, 5.74) is 2.69. The molecule has 1 atom stereocenters. The molecular weight excluding hydrogens is 338 g/mol. The van der Waals surface area contributed by atoms with Crippen LogP contribution in [0.1, 0.15) is 29.7 Å². The third kappa shape index (κ3) is 4.71. The Morgan fingerprint density at radius 1 is 1.44 bits per heavy atom. The molecule has 1 fully saturated rings. The fourth-order valence-electron chi connectivity index (χ4n) is 2.86. The second-order valence-electron chi connectivity index (χ2n) is 6.15. The van der Waals surface area contributed by atoms with Crippen LogP contribution in [0.5, 0.6) is 0 Å². The third-order valence-electron chi connectivity index (χ3n) is 4.21. The summed E-state index contributed by atoms with van der Waals surface area (Å²) in [6.07, 6.45) is 5.41. The van der Waals surface area contributed by atoms with Gasteiger partial charge in [-0.1, -0.05) is 41.9 Å². The lowest BCUT2D eigenvalue weighted by Gasteiger charge is -2.08. The highest BCUT2D eigenvalue weighted by atomic mass is 35.5. The maximum Gasteiger partial charge on any atom is 0.244 e. The van der Waals surface area contributed by atoms with Gasteiger partial charge >= 0.3 is 0 Å². The maximum absolute atomic E-state index is 12.0. The first-order valence-electron chi connectivity index (χ1n) is 8.48. The van der Waals surface area contributed by atoms with Crippen molar-refractivity contribution in [3.05, 3.63) is 58.4 Å². The molecule has 1 aliphatic heterocycles. The molecule has 1 amide bonds. The molecule has 25 heavy (non-hydrogen) atoms. The SMILES string of the molecule is Cc1nn(Cc2ccccc2)c(Cl)c1/C=C/C(=O)NCC1CCCO1. The van der Waals surface area contributed by atoms with Gasteiger partial charge in [-0.25, -0.2) is 4.68 Å². The summed E-state index contributed by atoms with van der Waals surface area (Å²) in [4.78, 5) is 12.0. The molecule has 1 unspecified atom stereocenters. The fraction of sp³-hybridized carbons (Fsp3) is 0.368. The molecule has 0 radical (unpaired) electrons. The number of nitrogens with zero attached hydrogens (tertiary/aromatic N) is 2. The van der Waals surface area contributed by atoms with Gasteiger partial charge in [0.2, 0.25) is 5.91 Å². The smallest absolute Gasteiger partial charge is 0.244 e. The molecule has 0 aliphatic carbocycles. The standard InChI is InChI=1S/C19H22ClN3O2/c1-14-17(9-10-18(24)21-12-16-8-5-11-25-16)19(20)23(22-14)13-15-6-3-2-4-7-15/h2-4,6-7,9-10,16H,5,8,11-13H2,1H3,(H,21,24)/b10-9+. The number of aryl methyl sites for hydroxylation is 1. The van der Waals surface area contributed by atoms with Gasteiger partial charge in [0.1, 0.15) is 5.15 Å². The van der Waals surface area contributed by atoms with Crippen LogP contribution in [0.15, 0.2) is 36.4 Å². The zero-order chi connectivity index (χ0) is 17.6. The molecule has 5 nitrogen and oxygen atoms in total. The van der Waals surface area contributed by atoms with Crippen LogP contribution >= 0.6 is 11.6 Å². The number of ether oxygens (including phenoxy) is 1. The normalized spacial score (nSPS) is 17.3. The van der Waals surface area contributed by atoms with Crippen molar-refractivity contribution in [2.75, 3.05) is 13.2 Å². The Morgan fingerprint density at radius 2 is 2.24 bits per heavy atom. The van der Waals surface area contributed by atoms with Crippen molar-refractivity contribution in [3.8, 4) is 0 Å². The number of aromatic nitrogens is 2. The van der Waals surface area contributed by atoms with Crippen LogP contribution < -0.4 is 5.32 Å². The average molecular weight is 360 g/mol. The molecule has 0 bridgehead atoms. The van der Waals surface area contributed by atoms with Crippen molar-refractivity contribution >= 4 is 23.6 Å². The topological polar surface area (TPSA) is 56.2 Å². The van der Waals surface area contributed by atoms with Gasteiger partial charge in [-0.3, -0.25) is 4.79 Å². The summed E-state index contributed by atoms with van der Waals surface area (Å²) in [6, 6.07) is 10.0. The highest BCUT2D eigenvalue weighted by Gasteiger charge is 2.16. The molecule has 2 heterocycles. The molecule has 132 valence electrons. The maximum atomic E-state index is 12.0. The van der Waals surface area contributed by atoms with Crippen LogP contribution in [0, 0.1) is 6.92 Å². The minimum absolute atomic E-state index is 0.135. The number of hydrogen-bond donors (Lipinski definition) is 1. The number of carbonyl (C=O) groups excluding carboxylic acids is 1. The van der Waals surface area contributed by atoms with Crippen molar-refractivity contribution in [2.45, 2.75) is 32.4 Å². The first-order valence-corrected chi connectivity index (χ1v) is 8.85. The Balaban J connectivity index is 1.62. The van der Waals surface area contributed by atoms with E-state index >= 15 is 0 Å². The van der Waals surface area contributed by atoms with Gasteiger partial charge in [-0.15, -0.1) is 0 Å². The zero-order valence-electron chi connectivity index (χ0n) is 14.2. The van der Waals surface area contributed by atoms with E-state index in [9.17, 15) is 4.79 Å². The Labute approximate surface area is 152 Å². The van der Waals surface area contributed by atoms with E-state index in [4.69, 9.17) is 16.3 Å². The third-order valence-corrected chi connectivity index (χ3v) is 4.61.